The minimum atomic E-state index is -2.81. The first-order valence-electron chi connectivity index (χ1n) is 4.94. The predicted octanol–water partition coefficient (Wildman–Crippen LogP) is 1.09. The summed E-state index contributed by atoms with van der Waals surface area (Å²) in [6.07, 6.45) is 0. The van der Waals surface area contributed by atoms with Gasteiger partial charge in [-0.05, 0) is 18.6 Å². The van der Waals surface area contributed by atoms with Gasteiger partial charge in [0, 0.05) is 21.3 Å². The Labute approximate surface area is 97.5 Å². The molecule has 1 aromatic carbocycles. The largest absolute Gasteiger partial charge is 0.540 e. The van der Waals surface area contributed by atoms with Crippen molar-refractivity contribution in [3.05, 3.63) is 23.8 Å². The van der Waals surface area contributed by atoms with Crippen LogP contribution in [0.25, 0.3) is 0 Å². The Kier molecular flexibility index (Phi) is 4.49. The number of methoxy groups -OCH3 is 1. The van der Waals surface area contributed by atoms with Gasteiger partial charge in [0.05, 0.1) is 12.3 Å². The van der Waals surface area contributed by atoms with Gasteiger partial charge < -0.3 is 18.0 Å². The fourth-order valence-corrected chi connectivity index (χ4v) is 3.55. The van der Waals surface area contributed by atoms with E-state index >= 15 is 0 Å². The van der Waals surface area contributed by atoms with Gasteiger partial charge in [0.2, 0.25) is 0 Å². The van der Waals surface area contributed by atoms with Crippen LogP contribution in [-0.2, 0) is 13.3 Å². The summed E-state index contributed by atoms with van der Waals surface area (Å²) >= 11 is 0. The zero-order valence-electron chi connectivity index (χ0n) is 10.4. The summed E-state index contributed by atoms with van der Waals surface area (Å²) in [7, 11) is 3.56. The summed E-state index contributed by atoms with van der Waals surface area (Å²) in [5, 5.41) is 0.841. The van der Waals surface area contributed by atoms with Crippen molar-refractivity contribution in [2.24, 2.45) is 0 Å². The van der Waals surface area contributed by atoms with Crippen molar-refractivity contribution in [1.29, 1.82) is 0 Å². The molecule has 0 aliphatic carbocycles. The monoisotopic (exact) mass is 242 g/mol. The first-order chi connectivity index (χ1) is 7.63. The van der Waals surface area contributed by atoms with Gasteiger partial charge in [-0.3, -0.25) is 0 Å². The van der Waals surface area contributed by atoms with Crippen molar-refractivity contribution in [3.63, 3.8) is 0 Å². The summed E-state index contributed by atoms with van der Waals surface area (Å²) in [5.74, 6) is 0.734. The average molecular weight is 242 g/mol. The summed E-state index contributed by atoms with van der Waals surface area (Å²) < 4.78 is 21.6. The lowest BCUT2D eigenvalue weighted by Crippen LogP contribution is -2.55. The summed E-state index contributed by atoms with van der Waals surface area (Å²) in [5.41, 5.74) is 1.12. The van der Waals surface area contributed by atoms with Gasteiger partial charge >= 0.3 is 8.80 Å². The Morgan fingerprint density at radius 2 is 1.50 bits per heavy atom. The third-order valence-corrected chi connectivity index (χ3v) is 5.18. The molecule has 0 fully saturated rings. The molecule has 0 heterocycles. The fourth-order valence-electron chi connectivity index (χ4n) is 1.63. The maximum absolute atomic E-state index is 5.42. The Hall–Kier alpha value is -0.883. The molecule has 0 aromatic heterocycles. The molecule has 0 amide bonds. The molecule has 0 aliphatic rings. The first kappa shape index (κ1) is 13.2. The molecular weight excluding hydrogens is 224 g/mol. The van der Waals surface area contributed by atoms with Gasteiger partial charge in [-0.25, -0.2) is 0 Å². The van der Waals surface area contributed by atoms with Crippen molar-refractivity contribution in [1.82, 2.24) is 0 Å². The molecule has 1 aromatic rings. The van der Waals surface area contributed by atoms with Gasteiger partial charge in [-0.2, -0.15) is 0 Å². The SMILES string of the molecule is COc1cc(C)ccc1[Si](OC)(OC)OC. The molecule has 0 bridgehead atoms. The van der Waals surface area contributed by atoms with E-state index in [-0.39, 0.29) is 0 Å². The molecule has 16 heavy (non-hydrogen) atoms. The van der Waals surface area contributed by atoms with Crippen LogP contribution in [0.2, 0.25) is 0 Å². The van der Waals surface area contributed by atoms with Crippen LogP contribution in [0.15, 0.2) is 18.2 Å². The van der Waals surface area contributed by atoms with Gasteiger partial charge in [0.25, 0.3) is 0 Å². The maximum Gasteiger partial charge on any atom is 0.540 e. The molecule has 0 N–H and O–H groups in total. The number of ether oxygens (including phenoxy) is 1. The molecule has 0 atom stereocenters. The van der Waals surface area contributed by atoms with E-state index in [4.69, 9.17) is 18.0 Å². The normalized spacial score (nSPS) is 11.6. The topological polar surface area (TPSA) is 36.9 Å². The van der Waals surface area contributed by atoms with Crippen molar-refractivity contribution in [2.45, 2.75) is 6.92 Å². The predicted molar refractivity (Wildman–Crippen MR) is 64.1 cm³/mol. The molecular formula is C11H18O4Si. The quantitative estimate of drug-likeness (QED) is 0.724. The number of hydrogen-bond donors (Lipinski definition) is 0. The van der Waals surface area contributed by atoms with Gasteiger partial charge in [-0.1, -0.05) is 12.1 Å². The van der Waals surface area contributed by atoms with Crippen LogP contribution in [-0.4, -0.2) is 37.2 Å². The van der Waals surface area contributed by atoms with Gasteiger partial charge in [-0.15, -0.1) is 0 Å². The van der Waals surface area contributed by atoms with E-state index in [1.165, 1.54) is 0 Å². The second-order valence-corrected chi connectivity index (χ2v) is 6.25. The van der Waals surface area contributed by atoms with Crippen molar-refractivity contribution >= 4 is 14.0 Å². The van der Waals surface area contributed by atoms with E-state index in [2.05, 4.69) is 0 Å². The van der Waals surface area contributed by atoms with Crippen LogP contribution in [0.4, 0.5) is 0 Å². The summed E-state index contributed by atoms with van der Waals surface area (Å²) in [4.78, 5) is 0. The highest BCUT2D eigenvalue weighted by Gasteiger charge is 2.43. The Bertz CT molecular complexity index is 342. The highest BCUT2D eigenvalue weighted by Crippen LogP contribution is 2.17. The van der Waals surface area contributed by atoms with E-state index in [1.54, 1.807) is 28.4 Å². The van der Waals surface area contributed by atoms with Gasteiger partial charge in [0.15, 0.2) is 0 Å². The molecule has 0 unspecified atom stereocenters. The second-order valence-electron chi connectivity index (χ2n) is 3.37. The highest BCUT2D eigenvalue weighted by atomic mass is 28.4. The van der Waals surface area contributed by atoms with Crippen molar-refractivity contribution < 1.29 is 18.0 Å². The Morgan fingerprint density at radius 3 is 1.94 bits per heavy atom. The van der Waals surface area contributed by atoms with Crippen LogP contribution in [0, 0.1) is 6.92 Å². The van der Waals surface area contributed by atoms with Crippen LogP contribution >= 0.6 is 0 Å². The van der Waals surface area contributed by atoms with Gasteiger partial charge in [0.1, 0.15) is 5.75 Å². The number of benzene rings is 1. The molecule has 0 saturated heterocycles. The zero-order valence-corrected chi connectivity index (χ0v) is 11.4. The van der Waals surface area contributed by atoms with E-state index in [1.807, 2.05) is 25.1 Å². The van der Waals surface area contributed by atoms with Crippen molar-refractivity contribution in [3.8, 4) is 5.75 Å². The van der Waals surface area contributed by atoms with E-state index in [0.29, 0.717) is 0 Å². The number of rotatable bonds is 5. The van der Waals surface area contributed by atoms with Crippen LogP contribution in [0.3, 0.4) is 0 Å². The molecule has 1 rings (SSSR count). The molecule has 0 saturated carbocycles. The zero-order chi connectivity index (χ0) is 12.2. The van der Waals surface area contributed by atoms with Crippen molar-refractivity contribution in [2.75, 3.05) is 28.4 Å². The third kappa shape index (κ3) is 2.27. The number of aryl methyl sites for hydroxylation is 1. The molecule has 0 aliphatic heterocycles. The molecule has 0 radical (unpaired) electrons. The molecule has 5 heteroatoms. The lowest BCUT2D eigenvalue weighted by molar-refractivity contribution is 0.139. The molecule has 90 valence electrons. The molecule has 0 spiro atoms. The van der Waals surface area contributed by atoms with Crippen LogP contribution in [0.5, 0.6) is 5.75 Å². The minimum Gasteiger partial charge on any atom is -0.497 e. The average Bonchev–Trinajstić information content (AvgIpc) is 2.33. The number of hydrogen-bond acceptors (Lipinski definition) is 4. The maximum atomic E-state index is 5.42. The lowest BCUT2D eigenvalue weighted by atomic mass is 10.2. The van der Waals surface area contributed by atoms with E-state index in [0.717, 1.165) is 16.5 Å². The minimum absolute atomic E-state index is 0.734. The standard InChI is InChI=1S/C11H18O4Si/c1-9-6-7-11(10(8-9)12-2)16(13-3,14-4)15-5/h6-8H,1-5H3. The molecule has 4 nitrogen and oxygen atoms in total. The summed E-state index contributed by atoms with van der Waals surface area (Å²) in [6, 6.07) is 5.85. The lowest BCUT2D eigenvalue weighted by Gasteiger charge is -2.26. The van der Waals surface area contributed by atoms with Crippen LogP contribution < -0.4 is 9.92 Å². The first-order valence-corrected chi connectivity index (χ1v) is 6.66. The Morgan fingerprint density at radius 1 is 0.938 bits per heavy atom. The van der Waals surface area contributed by atoms with E-state index in [9.17, 15) is 0 Å². The van der Waals surface area contributed by atoms with E-state index < -0.39 is 8.80 Å². The smallest absolute Gasteiger partial charge is 0.497 e. The fraction of sp³-hybridized carbons (Fsp3) is 0.455. The van der Waals surface area contributed by atoms with Crippen LogP contribution in [0.1, 0.15) is 5.56 Å². The summed E-state index contributed by atoms with van der Waals surface area (Å²) in [6.45, 7) is 2.00. The Balaban J connectivity index is 3.28. The highest BCUT2D eigenvalue weighted by molar-refractivity contribution is 6.76. The third-order valence-electron chi connectivity index (χ3n) is 2.49. The second kappa shape index (κ2) is 5.45.